The van der Waals surface area contributed by atoms with Crippen LogP contribution in [-0.4, -0.2) is 43.4 Å². The minimum absolute atomic E-state index is 0.264. The average molecular weight is 320 g/mol. The number of rotatable bonds is 5. The van der Waals surface area contributed by atoms with Gasteiger partial charge < -0.3 is 9.59 Å². The lowest BCUT2D eigenvalue weighted by molar-refractivity contribution is -0.890. The summed E-state index contributed by atoms with van der Waals surface area (Å²) in [6, 6.07) is 8.64. The molecule has 0 spiro atoms. The SMILES string of the molecule is C[N+](C)(CCO)CCc1ccc(I)cc1. The lowest BCUT2D eigenvalue weighted by Gasteiger charge is -2.28. The molecular weight excluding hydrogens is 301 g/mol. The van der Waals surface area contributed by atoms with E-state index in [0.717, 1.165) is 24.0 Å². The van der Waals surface area contributed by atoms with Crippen LogP contribution in [0.1, 0.15) is 5.56 Å². The van der Waals surface area contributed by atoms with Crippen LogP contribution in [0.3, 0.4) is 0 Å². The third-order valence-corrected chi connectivity index (χ3v) is 3.34. The molecule has 1 aromatic rings. The molecule has 0 fully saturated rings. The van der Waals surface area contributed by atoms with Crippen molar-refractivity contribution in [2.45, 2.75) is 6.42 Å². The molecule has 0 bridgehead atoms. The van der Waals surface area contributed by atoms with E-state index in [1.54, 1.807) is 0 Å². The molecule has 0 aliphatic rings. The molecule has 0 saturated heterocycles. The number of nitrogens with zero attached hydrogens (tertiary/aromatic N) is 1. The standard InChI is InChI=1S/C12H19INO/c1-14(2,9-10-15)8-7-11-3-5-12(13)6-4-11/h3-6,15H,7-10H2,1-2H3/q+1. The Bertz CT molecular complexity index is 295. The van der Waals surface area contributed by atoms with Gasteiger partial charge in [-0.25, -0.2) is 0 Å². The molecule has 1 N–H and O–H groups in total. The molecule has 3 heteroatoms. The van der Waals surface area contributed by atoms with Crippen LogP contribution < -0.4 is 0 Å². The second-order valence-electron chi connectivity index (χ2n) is 4.48. The lowest BCUT2D eigenvalue weighted by atomic mass is 10.1. The highest BCUT2D eigenvalue weighted by molar-refractivity contribution is 14.1. The molecule has 0 atom stereocenters. The van der Waals surface area contributed by atoms with Gasteiger partial charge in [-0.05, 0) is 40.3 Å². The lowest BCUT2D eigenvalue weighted by Crippen LogP contribution is -2.43. The first-order valence-corrected chi connectivity index (χ1v) is 6.29. The summed E-state index contributed by atoms with van der Waals surface area (Å²) in [4.78, 5) is 0. The molecule has 15 heavy (non-hydrogen) atoms. The Hall–Kier alpha value is -0.130. The van der Waals surface area contributed by atoms with Gasteiger partial charge in [0.25, 0.3) is 0 Å². The molecule has 1 rings (SSSR count). The second kappa shape index (κ2) is 5.82. The van der Waals surface area contributed by atoms with Gasteiger partial charge in [0.2, 0.25) is 0 Å². The summed E-state index contributed by atoms with van der Waals surface area (Å²) in [5, 5.41) is 8.92. The van der Waals surface area contributed by atoms with E-state index in [0.29, 0.717) is 0 Å². The van der Waals surface area contributed by atoms with E-state index < -0.39 is 0 Å². The first-order valence-electron chi connectivity index (χ1n) is 5.21. The smallest absolute Gasteiger partial charge is 0.102 e. The Morgan fingerprint density at radius 2 is 1.73 bits per heavy atom. The van der Waals surface area contributed by atoms with Gasteiger partial charge in [-0.3, -0.25) is 0 Å². The summed E-state index contributed by atoms with van der Waals surface area (Å²) < 4.78 is 2.16. The van der Waals surface area contributed by atoms with E-state index in [1.807, 2.05) is 0 Å². The minimum atomic E-state index is 0.264. The highest BCUT2D eigenvalue weighted by Crippen LogP contribution is 2.09. The van der Waals surface area contributed by atoms with Crippen molar-refractivity contribution in [2.24, 2.45) is 0 Å². The summed E-state index contributed by atoms with van der Waals surface area (Å²) in [6.07, 6.45) is 1.07. The molecule has 0 saturated carbocycles. The third-order valence-electron chi connectivity index (χ3n) is 2.62. The fourth-order valence-electron chi connectivity index (χ4n) is 1.47. The highest BCUT2D eigenvalue weighted by atomic mass is 127. The number of halogens is 1. The van der Waals surface area contributed by atoms with Gasteiger partial charge in [-0.1, -0.05) is 12.1 Å². The first kappa shape index (κ1) is 12.9. The van der Waals surface area contributed by atoms with E-state index in [4.69, 9.17) is 5.11 Å². The predicted octanol–water partition coefficient (Wildman–Crippen LogP) is 1.90. The van der Waals surface area contributed by atoms with Crippen LogP contribution in [0.2, 0.25) is 0 Å². The molecule has 1 aromatic carbocycles. The molecule has 84 valence electrons. The fourth-order valence-corrected chi connectivity index (χ4v) is 1.82. The van der Waals surface area contributed by atoms with Crippen LogP contribution in [0.5, 0.6) is 0 Å². The summed E-state index contributed by atoms with van der Waals surface area (Å²) in [5.74, 6) is 0. The van der Waals surface area contributed by atoms with E-state index in [9.17, 15) is 0 Å². The van der Waals surface area contributed by atoms with Gasteiger partial charge in [0.15, 0.2) is 0 Å². The molecule has 2 nitrogen and oxygen atoms in total. The van der Waals surface area contributed by atoms with Gasteiger partial charge in [-0.2, -0.15) is 0 Å². The number of aliphatic hydroxyl groups is 1. The number of hydrogen-bond donors (Lipinski definition) is 1. The summed E-state index contributed by atoms with van der Waals surface area (Å²) in [6.45, 7) is 2.16. The first-order chi connectivity index (χ1) is 7.03. The number of aliphatic hydroxyl groups excluding tert-OH is 1. The van der Waals surface area contributed by atoms with Gasteiger partial charge >= 0.3 is 0 Å². The van der Waals surface area contributed by atoms with Crippen LogP contribution in [0, 0.1) is 3.57 Å². The Morgan fingerprint density at radius 3 is 2.27 bits per heavy atom. The second-order valence-corrected chi connectivity index (χ2v) is 5.73. The van der Waals surface area contributed by atoms with E-state index in [-0.39, 0.29) is 6.61 Å². The molecular formula is C12H19INO+. The number of likely N-dealkylation sites (N-methyl/N-ethyl adjacent to an activating group) is 1. The monoisotopic (exact) mass is 320 g/mol. The minimum Gasteiger partial charge on any atom is -0.391 e. The average Bonchev–Trinajstić information content (AvgIpc) is 2.17. The van der Waals surface area contributed by atoms with E-state index >= 15 is 0 Å². The largest absolute Gasteiger partial charge is 0.391 e. The molecule has 0 amide bonds. The third kappa shape index (κ3) is 4.95. The summed E-state index contributed by atoms with van der Waals surface area (Å²) >= 11 is 2.32. The predicted molar refractivity (Wildman–Crippen MR) is 71.8 cm³/mol. The van der Waals surface area contributed by atoms with Crippen molar-refractivity contribution in [1.29, 1.82) is 0 Å². The maximum atomic E-state index is 8.92. The molecule has 0 aromatic heterocycles. The van der Waals surface area contributed by atoms with Crippen molar-refractivity contribution in [1.82, 2.24) is 0 Å². The highest BCUT2D eigenvalue weighted by Gasteiger charge is 2.13. The molecule has 0 heterocycles. The number of benzene rings is 1. The van der Waals surface area contributed by atoms with Crippen LogP contribution in [0.25, 0.3) is 0 Å². The van der Waals surface area contributed by atoms with Crippen LogP contribution in [-0.2, 0) is 6.42 Å². The van der Waals surface area contributed by atoms with Gasteiger partial charge in [0.1, 0.15) is 6.54 Å². The molecule has 0 radical (unpaired) electrons. The Kier molecular flexibility index (Phi) is 5.02. The van der Waals surface area contributed by atoms with Gasteiger partial charge in [-0.15, -0.1) is 0 Å². The van der Waals surface area contributed by atoms with Crippen LogP contribution in [0.4, 0.5) is 0 Å². The Morgan fingerprint density at radius 1 is 1.13 bits per heavy atom. The fraction of sp³-hybridized carbons (Fsp3) is 0.500. The van der Waals surface area contributed by atoms with Gasteiger partial charge in [0, 0.05) is 9.99 Å². The number of hydrogen-bond acceptors (Lipinski definition) is 1. The Balaban J connectivity index is 2.46. The maximum Gasteiger partial charge on any atom is 0.102 e. The molecule has 0 aliphatic carbocycles. The normalized spacial score (nSPS) is 11.7. The number of quaternary nitrogens is 1. The maximum absolute atomic E-state index is 8.92. The van der Waals surface area contributed by atoms with Crippen molar-refractivity contribution in [3.8, 4) is 0 Å². The summed E-state index contributed by atoms with van der Waals surface area (Å²) in [5.41, 5.74) is 1.37. The van der Waals surface area contributed by atoms with Crippen LogP contribution >= 0.6 is 22.6 Å². The molecule has 0 unspecified atom stereocenters. The van der Waals surface area contributed by atoms with Crippen molar-refractivity contribution < 1.29 is 9.59 Å². The van der Waals surface area contributed by atoms with Crippen molar-refractivity contribution in [3.05, 3.63) is 33.4 Å². The Labute approximate surface area is 106 Å². The zero-order valence-electron chi connectivity index (χ0n) is 9.41. The van der Waals surface area contributed by atoms with E-state index in [1.165, 1.54) is 9.13 Å². The zero-order valence-corrected chi connectivity index (χ0v) is 11.6. The summed E-state index contributed by atoms with van der Waals surface area (Å²) in [7, 11) is 4.31. The van der Waals surface area contributed by atoms with Crippen molar-refractivity contribution in [3.63, 3.8) is 0 Å². The van der Waals surface area contributed by atoms with Crippen LogP contribution in [0.15, 0.2) is 24.3 Å². The van der Waals surface area contributed by atoms with Crippen molar-refractivity contribution >= 4 is 22.6 Å². The van der Waals surface area contributed by atoms with Crippen molar-refractivity contribution in [2.75, 3.05) is 33.8 Å². The zero-order chi connectivity index (χ0) is 11.3. The quantitative estimate of drug-likeness (QED) is 0.649. The topological polar surface area (TPSA) is 20.2 Å². The van der Waals surface area contributed by atoms with Gasteiger partial charge in [0.05, 0.1) is 27.2 Å². The molecule has 0 aliphatic heterocycles. The van der Waals surface area contributed by atoms with E-state index in [2.05, 4.69) is 61.0 Å².